The normalized spacial score (nSPS) is 13.9. The smallest absolute Gasteiger partial charge is 0.412 e. The fourth-order valence-electron chi connectivity index (χ4n) is 4.36. The standard InChI is InChI=1S/C28H32ClFN6O4/c1-35(27(38)33-17-21-7-4-8-23(30)26(21)29)22(9-10-25(37)36-13-11-31-12-14-36)18-40-28(39)34-24-15-19-5-2-3-6-20(19)16-32-24/h2-8,15-16,22,31H,9-14,17-18H2,1H3,(H,33,38)(H,32,34,39)/t22-/m0/s1. The third-order valence-corrected chi connectivity index (χ3v) is 7.18. The number of fused-ring (bicyclic) bond motifs is 1. The Morgan fingerprint density at radius 2 is 1.90 bits per heavy atom. The highest BCUT2D eigenvalue weighted by atomic mass is 35.5. The number of pyridine rings is 1. The number of ether oxygens (including phenoxy) is 1. The Hall–Kier alpha value is -3.96. The van der Waals surface area contributed by atoms with Crippen LogP contribution in [-0.2, 0) is 16.1 Å². The zero-order chi connectivity index (χ0) is 28.5. The second-order valence-electron chi connectivity index (χ2n) is 9.45. The lowest BCUT2D eigenvalue weighted by Crippen LogP contribution is -2.48. The SMILES string of the molecule is CN(C(=O)NCc1cccc(F)c1Cl)[C@@H](CCC(=O)N1CCNCC1)COC(=O)Nc1cc2ccccc2cn1. The fraction of sp³-hybridized carbons (Fsp3) is 0.357. The van der Waals surface area contributed by atoms with Crippen molar-refractivity contribution in [3.8, 4) is 0 Å². The third-order valence-electron chi connectivity index (χ3n) is 6.76. The molecule has 4 rings (SSSR count). The van der Waals surface area contributed by atoms with Crippen molar-refractivity contribution >= 4 is 46.2 Å². The molecule has 10 nitrogen and oxygen atoms in total. The summed E-state index contributed by atoms with van der Waals surface area (Å²) in [5, 5.41) is 10.3. The molecule has 40 heavy (non-hydrogen) atoms. The van der Waals surface area contributed by atoms with E-state index in [1.165, 1.54) is 17.0 Å². The largest absolute Gasteiger partial charge is 0.447 e. The van der Waals surface area contributed by atoms with Crippen LogP contribution in [0.5, 0.6) is 0 Å². The molecule has 0 radical (unpaired) electrons. The van der Waals surface area contributed by atoms with Crippen molar-refractivity contribution in [3.63, 3.8) is 0 Å². The lowest BCUT2D eigenvalue weighted by molar-refractivity contribution is -0.132. The van der Waals surface area contributed by atoms with Gasteiger partial charge in [0, 0.05) is 57.8 Å². The van der Waals surface area contributed by atoms with Crippen molar-refractivity contribution in [1.29, 1.82) is 0 Å². The van der Waals surface area contributed by atoms with E-state index in [-0.39, 0.29) is 36.9 Å². The van der Waals surface area contributed by atoms with E-state index < -0.39 is 24.0 Å². The van der Waals surface area contributed by atoms with E-state index in [9.17, 15) is 18.8 Å². The molecule has 212 valence electrons. The Morgan fingerprint density at radius 1 is 1.15 bits per heavy atom. The van der Waals surface area contributed by atoms with E-state index in [0.29, 0.717) is 24.5 Å². The minimum atomic E-state index is -0.735. The van der Waals surface area contributed by atoms with Crippen LogP contribution in [0.4, 0.5) is 19.8 Å². The van der Waals surface area contributed by atoms with Crippen molar-refractivity contribution in [1.82, 2.24) is 25.4 Å². The molecule has 0 bridgehead atoms. The number of nitrogens with zero attached hydrogens (tertiary/aromatic N) is 3. The molecule has 1 saturated heterocycles. The number of hydrogen-bond acceptors (Lipinski definition) is 6. The van der Waals surface area contributed by atoms with E-state index in [2.05, 4.69) is 20.9 Å². The van der Waals surface area contributed by atoms with E-state index >= 15 is 0 Å². The Morgan fingerprint density at radius 3 is 2.67 bits per heavy atom. The molecular formula is C28H32ClFN6O4. The summed E-state index contributed by atoms with van der Waals surface area (Å²) < 4.78 is 19.2. The Kier molecular flexibility index (Phi) is 10.1. The number of carbonyl (C=O) groups excluding carboxylic acids is 3. The van der Waals surface area contributed by atoms with Gasteiger partial charge in [-0.05, 0) is 29.5 Å². The lowest BCUT2D eigenvalue weighted by Gasteiger charge is -2.30. The molecule has 12 heteroatoms. The van der Waals surface area contributed by atoms with Crippen molar-refractivity contribution in [3.05, 3.63) is 71.1 Å². The van der Waals surface area contributed by atoms with Gasteiger partial charge in [0.2, 0.25) is 5.91 Å². The van der Waals surface area contributed by atoms with Crippen molar-refractivity contribution < 1.29 is 23.5 Å². The first-order valence-corrected chi connectivity index (χ1v) is 13.4. The second-order valence-corrected chi connectivity index (χ2v) is 9.82. The molecule has 1 fully saturated rings. The molecular weight excluding hydrogens is 539 g/mol. The minimum absolute atomic E-state index is 0.00116. The number of amides is 4. The van der Waals surface area contributed by atoms with Crippen LogP contribution in [0.15, 0.2) is 54.7 Å². The Labute approximate surface area is 236 Å². The van der Waals surface area contributed by atoms with Crippen molar-refractivity contribution in [2.45, 2.75) is 25.4 Å². The highest BCUT2D eigenvalue weighted by Crippen LogP contribution is 2.20. The van der Waals surface area contributed by atoms with Crippen LogP contribution in [0.2, 0.25) is 5.02 Å². The summed E-state index contributed by atoms with van der Waals surface area (Å²) in [5.41, 5.74) is 0.423. The van der Waals surface area contributed by atoms with Crippen LogP contribution in [-0.4, -0.2) is 78.7 Å². The maximum atomic E-state index is 13.8. The van der Waals surface area contributed by atoms with E-state index in [1.54, 1.807) is 30.3 Å². The van der Waals surface area contributed by atoms with Gasteiger partial charge in [0.05, 0.1) is 11.1 Å². The van der Waals surface area contributed by atoms with Gasteiger partial charge in [-0.1, -0.05) is 48.0 Å². The summed E-state index contributed by atoms with van der Waals surface area (Å²) in [6.07, 6.45) is 1.37. The predicted molar refractivity (Wildman–Crippen MR) is 151 cm³/mol. The van der Waals surface area contributed by atoms with Crippen LogP contribution in [0.1, 0.15) is 18.4 Å². The third kappa shape index (κ3) is 7.80. The first-order valence-electron chi connectivity index (χ1n) is 13.0. The summed E-state index contributed by atoms with van der Waals surface area (Å²) >= 11 is 6.00. The number of benzene rings is 2. The topological polar surface area (TPSA) is 116 Å². The highest BCUT2D eigenvalue weighted by Gasteiger charge is 2.25. The number of halogens is 2. The van der Waals surface area contributed by atoms with Crippen LogP contribution in [0.25, 0.3) is 10.8 Å². The summed E-state index contributed by atoms with van der Waals surface area (Å²) in [6, 6.07) is 12.6. The Bertz CT molecular complexity index is 1350. The summed E-state index contributed by atoms with van der Waals surface area (Å²) in [7, 11) is 1.55. The van der Waals surface area contributed by atoms with Gasteiger partial charge in [0.1, 0.15) is 18.2 Å². The zero-order valence-corrected chi connectivity index (χ0v) is 22.9. The zero-order valence-electron chi connectivity index (χ0n) is 22.2. The molecule has 3 aromatic rings. The number of urea groups is 1. The fourth-order valence-corrected chi connectivity index (χ4v) is 4.55. The van der Waals surface area contributed by atoms with Crippen LogP contribution < -0.4 is 16.0 Å². The molecule has 0 aliphatic carbocycles. The molecule has 4 amide bonds. The molecule has 1 aliphatic heterocycles. The maximum Gasteiger partial charge on any atom is 0.412 e. The molecule has 1 aromatic heterocycles. The van der Waals surface area contributed by atoms with Gasteiger partial charge in [-0.2, -0.15) is 0 Å². The lowest BCUT2D eigenvalue weighted by atomic mass is 10.1. The van der Waals surface area contributed by atoms with E-state index in [0.717, 1.165) is 23.9 Å². The average molecular weight is 571 g/mol. The average Bonchev–Trinajstić information content (AvgIpc) is 2.97. The predicted octanol–water partition coefficient (Wildman–Crippen LogP) is 4.00. The minimum Gasteiger partial charge on any atom is -0.447 e. The van der Waals surface area contributed by atoms with Gasteiger partial charge in [-0.15, -0.1) is 0 Å². The van der Waals surface area contributed by atoms with Gasteiger partial charge in [-0.3, -0.25) is 10.1 Å². The Balaban J connectivity index is 1.37. The summed E-state index contributed by atoms with van der Waals surface area (Å²) in [4.78, 5) is 45.7. The number of likely N-dealkylation sites (N-methyl/N-ethyl adjacent to an activating group) is 1. The van der Waals surface area contributed by atoms with Gasteiger partial charge in [-0.25, -0.2) is 19.0 Å². The van der Waals surface area contributed by atoms with Crippen molar-refractivity contribution in [2.24, 2.45) is 0 Å². The van der Waals surface area contributed by atoms with Gasteiger partial charge in [0.15, 0.2) is 0 Å². The molecule has 1 atom stereocenters. The maximum absolute atomic E-state index is 13.8. The number of anilines is 1. The first kappa shape index (κ1) is 29.0. The van der Waals surface area contributed by atoms with Crippen molar-refractivity contribution in [2.75, 3.05) is 45.2 Å². The molecule has 0 saturated carbocycles. The molecule has 0 spiro atoms. The quantitative estimate of drug-likeness (QED) is 0.358. The number of rotatable bonds is 9. The van der Waals surface area contributed by atoms with E-state index in [1.807, 2.05) is 24.3 Å². The first-order chi connectivity index (χ1) is 19.3. The summed E-state index contributed by atoms with van der Waals surface area (Å²) in [6.45, 7) is 2.54. The number of aromatic nitrogens is 1. The van der Waals surface area contributed by atoms with Crippen LogP contribution >= 0.6 is 11.6 Å². The molecule has 0 unspecified atom stereocenters. The highest BCUT2D eigenvalue weighted by molar-refractivity contribution is 6.31. The van der Waals surface area contributed by atoms with Crippen LogP contribution in [0.3, 0.4) is 0 Å². The number of carbonyl (C=O) groups is 3. The second kappa shape index (κ2) is 13.9. The van der Waals surface area contributed by atoms with Gasteiger partial charge >= 0.3 is 12.1 Å². The number of piperazine rings is 1. The van der Waals surface area contributed by atoms with Gasteiger partial charge < -0.3 is 25.2 Å². The monoisotopic (exact) mass is 570 g/mol. The molecule has 3 N–H and O–H groups in total. The number of hydrogen-bond donors (Lipinski definition) is 3. The molecule has 2 heterocycles. The molecule has 2 aromatic carbocycles. The van der Waals surface area contributed by atoms with Crippen LogP contribution in [0, 0.1) is 5.82 Å². The van der Waals surface area contributed by atoms with E-state index in [4.69, 9.17) is 16.3 Å². The number of nitrogens with one attached hydrogen (secondary N) is 3. The summed E-state index contributed by atoms with van der Waals surface area (Å²) in [5.74, 6) is -0.282. The molecule has 1 aliphatic rings. The van der Waals surface area contributed by atoms with Gasteiger partial charge in [0.25, 0.3) is 0 Å².